The molecule has 2 saturated carbocycles. The van der Waals surface area contributed by atoms with Crippen molar-refractivity contribution < 1.29 is 13.9 Å². The molecule has 0 unspecified atom stereocenters. The molecule has 0 radical (unpaired) electrons. The van der Waals surface area contributed by atoms with E-state index in [1.54, 1.807) is 19.2 Å². The van der Waals surface area contributed by atoms with Crippen LogP contribution in [0.25, 0.3) is 0 Å². The van der Waals surface area contributed by atoms with Crippen LogP contribution in [0.15, 0.2) is 36.4 Å². The summed E-state index contributed by atoms with van der Waals surface area (Å²) in [6.45, 7) is 2.38. The Hall–Kier alpha value is -1.64. The summed E-state index contributed by atoms with van der Waals surface area (Å²) in [5.74, 6) is 3.34. The number of halogens is 1. The lowest BCUT2D eigenvalue weighted by Gasteiger charge is -2.26. The van der Waals surface area contributed by atoms with Gasteiger partial charge in [-0.05, 0) is 80.5 Å². The van der Waals surface area contributed by atoms with Crippen LogP contribution >= 0.6 is 0 Å². The molecule has 2 fully saturated rings. The largest absolute Gasteiger partial charge is 0.497 e. The summed E-state index contributed by atoms with van der Waals surface area (Å²) in [6.07, 6.45) is 16.4. The van der Waals surface area contributed by atoms with Crippen LogP contribution in [-0.2, 0) is 4.79 Å². The van der Waals surface area contributed by atoms with Crippen molar-refractivity contribution in [3.05, 3.63) is 42.2 Å². The first-order valence-corrected chi connectivity index (χ1v) is 10.0. The second kappa shape index (κ2) is 11.2. The molecule has 3 heteroatoms. The molecule has 0 N–H and O–H groups in total. The maximum absolute atomic E-state index is 12.2. The van der Waals surface area contributed by atoms with Crippen molar-refractivity contribution in [1.82, 2.24) is 0 Å². The van der Waals surface area contributed by atoms with Crippen LogP contribution in [0.2, 0.25) is 0 Å². The molecule has 2 nitrogen and oxygen atoms in total. The van der Waals surface area contributed by atoms with E-state index in [2.05, 4.69) is 19.1 Å². The van der Waals surface area contributed by atoms with E-state index in [4.69, 9.17) is 4.74 Å². The summed E-state index contributed by atoms with van der Waals surface area (Å²) in [7, 11) is 1.55. The van der Waals surface area contributed by atoms with Crippen molar-refractivity contribution in [1.29, 1.82) is 0 Å². The van der Waals surface area contributed by atoms with E-state index in [0.29, 0.717) is 11.7 Å². The van der Waals surface area contributed by atoms with Gasteiger partial charge in [-0.15, -0.1) is 0 Å². The number of ether oxygens (including phenoxy) is 1. The van der Waals surface area contributed by atoms with Crippen molar-refractivity contribution in [3.63, 3.8) is 0 Å². The average molecular weight is 361 g/mol. The topological polar surface area (TPSA) is 26.3 Å². The van der Waals surface area contributed by atoms with Crippen LogP contribution in [0.5, 0.6) is 5.75 Å². The molecule has 0 saturated heterocycles. The highest BCUT2D eigenvalue weighted by Crippen LogP contribution is 2.32. The van der Waals surface area contributed by atoms with Crippen LogP contribution in [0, 0.1) is 29.5 Å². The quantitative estimate of drug-likeness (QED) is 0.471. The van der Waals surface area contributed by atoms with E-state index < -0.39 is 0 Å². The highest BCUT2D eigenvalue weighted by Gasteiger charge is 2.20. The third-order valence-corrected chi connectivity index (χ3v) is 5.77. The minimum atomic E-state index is -0.240. The van der Waals surface area contributed by atoms with Gasteiger partial charge in [0, 0.05) is 5.92 Å². The third-order valence-electron chi connectivity index (χ3n) is 5.77. The maximum atomic E-state index is 12.2. The predicted molar refractivity (Wildman–Crippen MR) is 105 cm³/mol. The van der Waals surface area contributed by atoms with E-state index in [9.17, 15) is 9.18 Å². The van der Waals surface area contributed by atoms with Crippen molar-refractivity contribution in [3.8, 4) is 5.75 Å². The van der Waals surface area contributed by atoms with Crippen molar-refractivity contribution in [2.45, 2.75) is 58.3 Å². The molecule has 0 amide bonds. The molecule has 0 spiro atoms. The van der Waals surface area contributed by atoms with E-state index in [-0.39, 0.29) is 5.82 Å². The number of hydrogen-bond acceptors (Lipinski definition) is 2. The summed E-state index contributed by atoms with van der Waals surface area (Å²) in [6, 6.07) is 5.88. The molecule has 2 aliphatic rings. The van der Waals surface area contributed by atoms with Gasteiger partial charge in [0.25, 0.3) is 0 Å². The fourth-order valence-corrected chi connectivity index (χ4v) is 3.84. The number of benzene rings is 1. The van der Waals surface area contributed by atoms with E-state index in [1.165, 1.54) is 50.7 Å². The van der Waals surface area contributed by atoms with Gasteiger partial charge in [-0.3, -0.25) is 0 Å². The van der Waals surface area contributed by atoms with Crippen LogP contribution < -0.4 is 4.74 Å². The molecule has 0 atom stereocenters. The van der Waals surface area contributed by atoms with Gasteiger partial charge in [-0.25, -0.2) is 4.39 Å². The molecule has 1 aromatic rings. The minimum Gasteiger partial charge on any atom is -0.497 e. The zero-order chi connectivity index (χ0) is 18.8. The molecular weight excluding hydrogens is 327 g/mol. The second-order valence-electron chi connectivity index (χ2n) is 7.87. The van der Waals surface area contributed by atoms with Crippen LogP contribution in [0.3, 0.4) is 0 Å². The molecule has 3 rings (SSSR count). The molecule has 0 bridgehead atoms. The van der Waals surface area contributed by atoms with Gasteiger partial charge in [0.15, 0.2) is 0 Å². The number of methoxy groups -OCH3 is 1. The number of carbonyl (C=O) groups excluding carboxylic acids is 1. The molecule has 26 heavy (non-hydrogen) atoms. The third kappa shape index (κ3) is 7.31. The van der Waals surface area contributed by atoms with Gasteiger partial charge in [0.1, 0.15) is 17.9 Å². The smallest absolute Gasteiger partial charge is 0.123 e. The number of allylic oxidation sites excluding steroid dienone is 2. The minimum absolute atomic E-state index is 0.240. The summed E-state index contributed by atoms with van der Waals surface area (Å²) in [4.78, 5) is 10.7. The first-order valence-electron chi connectivity index (χ1n) is 10.0. The highest BCUT2D eigenvalue weighted by atomic mass is 19.1. The SMILES string of the molecule is CC1CCC(/C=C/C2CCC(C=O)CC2)CC1.COc1ccc(F)cc1. The summed E-state index contributed by atoms with van der Waals surface area (Å²) >= 11 is 0. The molecule has 0 heterocycles. The Labute approximate surface area is 157 Å². The van der Waals surface area contributed by atoms with Crippen LogP contribution in [-0.4, -0.2) is 13.4 Å². The zero-order valence-electron chi connectivity index (χ0n) is 16.2. The molecule has 1 aromatic carbocycles. The Morgan fingerprint density at radius 3 is 1.77 bits per heavy atom. The second-order valence-corrected chi connectivity index (χ2v) is 7.87. The Morgan fingerprint density at radius 2 is 1.31 bits per heavy atom. The Morgan fingerprint density at radius 1 is 0.846 bits per heavy atom. The summed E-state index contributed by atoms with van der Waals surface area (Å²) in [5.41, 5.74) is 0. The normalized spacial score (nSPS) is 28.9. The molecule has 144 valence electrons. The van der Waals surface area contributed by atoms with E-state index >= 15 is 0 Å². The van der Waals surface area contributed by atoms with Crippen molar-refractivity contribution in [2.75, 3.05) is 7.11 Å². The fourth-order valence-electron chi connectivity index (χ4n) is 3.84. The van der Waals surface area contributed by atoms with Gasteiger partial charge >= 0.3 is 0 Å². The standard InChI is InChI=1S/C16H26O.C7H7FO/c1-13-2-4-14(5-3-13)6-7-15-8-10-16(12-17)11-9-15;1-9-7-4-2-6(8)3-5-7/h6-7,12-16H,2-5,8-11H2,1H3;2-5H,1H3/b7-6+;. The molecule has 2 aliphatic carbocycles. The predicted octanol–water partition coefficient (Wildman–Crippen LogP) is 6.21. The number of carbonyl (C=O) groups is 1. The first kappa shape index (κ1) is 20.7. The number of aldehydes is 1. The summed E-state index contributed by atoms with van der Waals surface area (Å²) in [5, 5.41) is 0. The lowest BCUT2D eigenvalue weighted by molar-refractivity contribution is -0.112. The number of rotatable bonds is 4. The highest BCUT2D eigenvalue weighted by molar-refractivity contribution is 5.53. The first-order chi connectivity index (χ1) is 12.6. The van der Waals surface area contributed by atoms with Crippen LogP contribution in [0.4, 0.5) is 4.39 Å². The fraction of sp³-hybridized carbons (Fsp3) is 0.609. The van der Waals surface area contributed by atoms with Crippen LogP contribution in [0.1, 0.15) is 58.3 Å². The molecule has 0 aliphatic heterocycles. The maximum Gasteiger partial charge on any atom is 0.123 e. The summed E-state index contributed by atoms with van der Waals surface area (Å²) < 4.78 is 17.0. The lowest BCUT2D eigenvalue weighted by Crippen LogP contribution is -2.14. The lowest BCUT2D eigenvalue weighted by atomic mass is 9.80. The van der Waals surface area contributed by atoms with Gasteiger partial charge in [-0.2, -0.15) is 0 Å². The van der Waals surface area contributed by atoms with Gasteiger partial charge in [0.05, 0.1) is 7.11 Å². The Balaban J connectivity index is 0.000000228. The Bertz CT molecular complexity index is 536. The van der Waals surface area contributed by atoms with Crippen molar-refractivity contribution in [2.24, 2.45) is 23.7 Å². The zero-order valence-corrected chi connectivity index (χ0v) is 16.2. The molecule has 0 aromatic heterocycles. The monoisotopic (exact) mass is 360 g/mol. The molecular formula is C23H33FO2. The average Bonchev–Trinajstić information content (AvgIpc) is 2.69. The van der Waals surface area contributed by atoms with Gasteiger partial charge in [-0.1, -0.05) is 31.9 Å². The number of hydrogen-bond donors (Lipinski definition) is 0. The van der Waals surface area contributed by atoms with Gasteiger partial charge in [0.2, 0.25) is 0 Å². The van der Waals surface area contributed by atoms with Gasteiger partial charge < -0.3 is 9.53 Å². The van der Waals surface area contributed by atoms with E-state index in [0.717, 1.165) is 36.9 Å². The Kier molecular flexibility index (Phi) is 8.87. The van der Waals surface area contributed by atoms with Crippen molar-refractivity contribution >= 4 is 6.29 Å². The van der Waals surface area contributed by atoms with E-state index in [1.807, 2.05) is 0 Å².